The second-order valence-corrected chi connectivity index (χ2v) is 7.84. The summed E-state index contributed by atoms with van der Waals surface area (Å²) in [6.07, 6.45) is -1.07. The molecule has 1 saturated heterocycles. The van der Waals surface area contributed by atoms with E-state index in [4.69, 9.17) is 9.94 Å². The predicted octanol–water partition coefficient (Wildman–Crippen LogP) is 0.121. The Bertz CT molecular complexity index is 1010. The third-order valence-electron chi connectivity index (χ3n) is 5.29. The number of nitrogens with one attached hydrogen (secondary N) is 2. The van der Waals surface area contributed by atoms with E-state index < -0.39 is 24.0 Å². The molecule has 1 fully saturated rings. The minimum Gasteiger partial charge on any atom is -0.460 e. The molecule has 0 spiro atoms. The number of ether oxygens (including phenoxy) is 1. The quantitative estimate of drug-likeness (QED) is 0.301. The zero-order chi connectivity index (χ0) is 23.3. The summed E-state index contributed by atoms with van der Waals surface area (Å²) in [4.78, 5) is 30.3. The molecule has 4 atom stereocenters. The average Bonchev–Trinajstić information content (AvgIpc) is 3.07. The highest BCUT2D eigenvalue weighted by Gasteiger charge is 2.34. The predicted molar refractivity (Wildman–Crippen MR) is 116 cm³/mol. The maximum atomic E-state index is 12.3. The smallest absolute Gasteiger partial charge is 0.288 e. The van der Waals surface area contributed by atoms with E-state index in [9.17, 15) is 14.7 Å². The summed E-state index contributed by atoms with van der Waals surface area (Å²) in [6, 6.07) is 6.04. The fourth-order valence-electron chi connectivity index (χ4n) is 3.10. The van der Waals surface area contributed by atoms with Crippen LogP contribution in [0.5, 0.6) is 0 Å². The van der Waals surface area contributed by atoms with Crippen LogP contribution in [0.1, 0.15) is 36.7 Å². The number of amidine groups is 1. The minimum atomic E-state index is -1.27. The van der Waals surface area contributed by atoms with Crippen LogP contribution >= 0.6 is 0 Å². The molecule has 0 bridgehead atoms. The number of aliphatic hydroxyl groups is 1. The number of nitrogens with zero attached hydrogens (tertiary/aromatic N) is 2. The van der Waals surface area contributed by atoms with Gasteiger partial charge in [0.2, 0.25) is 0 Å². The van der Waals surface area contributed by atoms with Gasteiger partial charge in [-0.3, -0.25) is 14.8 Å². The molecule has 0 aromatic heterocycles. The number of amides is 2. The van der Waals surface area contributed by atoms with E-state index in [1.165, 1.54) is 12.4 Å². The monoisotopic (exact) mass is 438 g/mol. The Morgan fingerprint density at radius 2 is 1.91 bits per heavy atom. The van der Waals surface area contributed by atoms with Gasteiger partial charge in [0, 0.05) is 24.2 Å². The van der Waals surface area contributed by atoms with Gasteiger partial charge in [-0.1, -0.05) is 11.8 Å². The van der Waals surface area contributed by atoms with Crippen molar-refractivity contribution in [2.24, 2.45) is 10.9 Å². The van der Waals surface area contributed by atoms with E-state index >= 15 is 0 Å². The normalized spacial score (nSPS) is 21.4. The second-order valence-electron chi connectivity index (χ2n) is 7.84. The van der Waals surface area contributed by atoms with E-state index in [0.717, 1.165) is 13.1 Å². The summed E-state index contributed by atoms with van der Waals surface area (Å²) in [5.41, 5.74) is 2.39. The average molecular weight is 438 g/mol. The molecule has 2 aliphatic rings. The van der Waals surface area contributed by atoms with Crippen molar-refractivity contribution in [1.29, 1.82) is 0 Å². The maximum Gasteiger partial charge on any atom is 0.288 e. The number of likely N-dealkylation sites (tertiary alicyclic amines) is 1. The lowest BCUT2D eigenvalue weighted by Crippen LogP contribution is -2.51. The van der Waals surface area contributed by atoms with Gasteiger partial charge in [-0.05, 0) is 56.9 Å². The van der Waals surface area contributed by atoms with Gasteiger partial charge >= 0.3 is 0 Å². The van der Waals surface area contributed by atoms with Crippen molar-refractivity contribution in [3.8, 4) is 23.7 Å². The first kappa shape index (κ1) is 23.1. The number of aliphatic hydroxyl groups excluding tert-OH is 1. The summed E-state index contributed by atoms with van der Waals surface area (Å²) in [7, 11) is 0. The van der Waals surface area contributed by atoms with Gasteiger partial charge in [-0.2, -0.15) is 0 Å². The minimum absolute atomic E-state index is 0.109. The molecule has 9 heteroatoms. The van der Waals surface area contributed by atoms with Crippen molar-refractivity contribution in [3.05, 3.63) is 35.4 Å². The lowest BCUT2D eigenvalue weighted by Gasteiger charge is -2.36. The number of hydrogen-bond acceptors (Lipinski definition) is 7. The van der Waals surface area contributed by atoms with Crippen LogP contribution in [-0.4, -0.2) is 70.4 Å². The molecule has 0 radical (unpaired) electrons. The van der Waals surface area contributed by atoms with E-state index in [-0.39, 0.29) is 23.6 Å². The maximum absolute atomic E-state index is 12.3. The highest BCUT2D eigenvalue weighted by molar-refractivity contribution is 5.97. The lowest BCUT2D eigenvalue weighted by molar-refractivity contribution is -0.133. The Morgan fingerprint density at radius 1 is 1.22 bits per heavy atom. The standard InChI is InChI=1S/C23H26N4O5/c1-14-16(3)32-23(24-14)27-12-18(13-27)7-5-4-6-17-8-10-19(11-9-17)21(29)25-20(15(2)28)22(30)26-31/h8-11,14-16,18,20,28,31H,12-13H2,1-3H3,(H,25,29)(H,26,30)/t14?,15-,16?,20+/m1/s1. The highest BCUT2D eigenvalue weighted by Crippen LogP contribution is 2.21. The third kappa shape index (κ3) is 5.58. The molecule has 2 heterocycles. The zero-order valence-electron chi connectivity index (χ0n) is 18.1. The van der Waals surface area contributed by atoms with Crippen LogP contribution in [0.4, 0.5) is 0 Å². The van der Waals surface area contributed by atoms with E-state index in [2.05, 4.69) is 38.9 Å². The first-order chi connectivity index (χ1) is 15.3. The number of aliphatic imine (C=N–C) groups is 1. The Kier molecular flexibility index (Phi) is 7.37. The van der Waals surface area contributed by atoms with Crippen LogP contribution in [0.2, 0.25) is 0 Å². The molecule has 4 N–H and O–H groups in total. The first-order valence-corrected chi connectivity index (χ1v) is 10.3. The molecule has 2 unspecified atom stereocenters. The Labute approximate surface area is 186 Å². The molecule has 168 valence electrons. The SMILES string of the molecule is CC1N=C(N2CC(C#CC#Cc3ccc(C(=O)N[C@H](C(=O)NO)[C@@H](C)O)cc3)C2)OC1C. The van der Waals surface area contributed by atoms with Crippen LogP contribution in [0.25, 0.3) is 0 Å². The van der Waals surface area contributed by atoms with Crippen LogP contribution in [0.3, 0.4) is 0 Å². The Hall–Kier alpha value is -3.53. The number of hydroxylamine groups is 1. The van der Waals surface area contributed by atoms with Crippen LogP contribution in [0.15, 0.2) is 29.3 Å². The Balaban J connectivity index is 1.50. The first-order valence-electron chi connectivity index (χ1n) is 10.3. The van der Waals surface area contributed by atoms with Gasteiger partial charge in [0.1, 0.15) is 12.1 Å². The molecule has 1 aromatic rings. The molecular weight excluding hydrogens is 412 g/mol. The molecule has 2 aliphatic heterocycles. The zero-order valence-corrected chi connectivity index (χ0v) is 18.1. The van der Waals surface area contributed by atoms with Crippen molar-refractivity contribution in [2.75, 3.05) is 13.1 Å². The summed E-state index contributed by atoms with van der Waals surface area (Å²) in [5, 5.41) is 20.7. The fraction of sp³-hybridized carbons (Fsp3) is 0.435. The number of hydrogen-bond donors (Lipinski definition) is 4. The number of rotatable bonds is 4. The van der Waals surface area contributed by atoms with Gasteiger partial charge < -0.3 is 20.1 Å². The Morgan fingerprint density at radius 3 is 2.47 bits per heavy atom. The van der Waals surface area contributed by atoms with Crippen LogP contribution in [0, 0.1) is 29.6 Å². The lowest BCUT2D eigenvalue weighted by atomic mass is 10.0. The summed E-state index contributed by atoms with van der Waals surface area (Å²) in [6.45, 7) is 6.93. The van der Waals surface area contributed by atoms with Crippen molar-refractivity contribution in [1.82, 2.24) is 15.7 Å². The van der Waals surface area contributed by atoms with Crippen LogP contribution < -0.4 is 10.8 Å². The number of benzene rings is 1. The second kappa shape index (κ2) is 10.2. The molecule has 32 heavy (non-hydrogen) atoms. The van der Waals surface area contributed by atoms with E-state index in [0.29, 0.717) is 11.6 Å². The summed E-state index contributed by atoms with van der Waals surface area (Å²) >= 11 is 0. The van der Waals surface area contributed by atoms with Crippen LogP contribution in [-0.2, 0) is 9.53 Å². The van der Waals surface area contributed by atoms with Crippen molar-refractivity contribution in [2.45, 2.75) is 45.1 Å². The van der Waals surface area contributed by atoms with Gasteiger partial charge in [0.05, 0.1) is 18.1 Å². The summed E-state index contributed by atoms with van der Waals surface area (Å²) < 4.78 is 5.71. The third-order valence-corrected chi connectivity index (χ3v) is 5.29. The van der Waals surface area contributed by atoms with Crippen molar-refractivity contribution >= 4 is 17.8 Å². The fourth-order valence-corrected chi connectivity index (χ4v) is 3.10. The number of carbonyl (C=O) groups is 2. The largest absolute Gasteiger partial charge is 0.460 e. The van der Waals surface area contributed by atoms with Gasteiger partial charge in [0.25, 0.3) is 17.8 Å². The molecule has 2 amide bonds. The molecule has 0 saturated carbocycles. The van der Waals surface area contributed by atoms with Crippen molar-refractivity contribution < 1.29 is 24.6 Å². The molecule has 3 rings (SSSR count). The van der Waals surface area contributed by atoms with Gasteiger partial charge in [-0.15, -0.1) is 0 Å². The summed E-state index contributed by atoms with van der Waals surface area (Å²) in [5.74, 6) is 10.5. The molecule has 1 aromatic carbocycles. The highest BCUT2D eigenvalue weighted by atomic mass is 16.5. The van der Waals surface area contributed by atoms with E-state index in [1.807, 2.05) is 13.8 Å². The van der Waals surface area contributed by atoms with Crippen molar-refractivity contribution in [3.63, 3.8) is 0 Å². The van der Waals surface area contributed by atoms with Gasteiger partial charge in [-0.25, -0.2) is 10.5 Å². The van der Waals surface area contributed by atoms with Gasteiger partial charge in [0.15, 0.2) is 0 Å². The molecular formula is C23H26N4O5. The molecule has 9 nitrogen and oxygen atoms in total. The van der Waals surface area contributed by atoms with E-state index in [1.54, 1.807) is 24.3 Å². The molecule has 0 aliphatic carbocycles. The topological polar surface area (TPSA) is 123 Å². The number of carbonyl (C=O) groups excluding carboxylic acids is 2.